The molecule has 3 aromatic rings. The second-order valence-electron chi connectivity index (χ2n) is 8.65. The molecule has 33 heavy (non-hydrogen) atoms. The van der Waals surface area contributed by atoms with Crippen molar-refractivity contribution >= 4 is 26.8 Å². The van der Waals surface area contributed by atoms with Crippen LogP contribution < -0.4 is 11.1 Å². The molecule has 1 aliphatic rings. The third kappa shape index (κ3) is 5.29. The zero-order chi connectivity index (χ0) is 23.4. The van der Waals surface area contributed by atoms with Crippen molar-refractivity contribution in [3.05, 3.63) is 59.8 Å². The summed E-state index contributed by atoms with van der Waals surface area (Å²) in [6, 6.07) is 14.3. The van der Waals surface area contributed by atoms with E-state index in [9.17, 15) is 13.2 Å². The predicted molar refractivity (Wildman–Crippen MR) is 133 cm³/mol. The van der Waals surface area contributed by atoms with Crippen LogP contribution in [0, 0.1) is 0 Å². The number of hydrogen-bond donors (Lipinski definition) is 3. The van der Waals surface area contributed by atoms with E-state index < -0.39 is 10.0 Å². The predicted octanol–water partition coefficient (Wildman–Crippen LogP) is 2.98. The number of nitrogens with two attached hydrogens (primary N) is 1. The lowest BCUT2D eigenvalue weighted by Gasteiger charge is -2.31. The number of primary amides is 1. The van der Waals surface area contributed by atoms with Crippen molar-refractivity contribution in [2.24, 2.45) is 5.73 Å². The molecule has 0 spiro atoms. The third-order valence-electron chi connectivity index (χ3n) is 6.45. The number of fused-ring (bicyclic) bond motifs is 1. The second kappa shape index (κ2) is 10.1. The van der Waals surface area contributed by atoms with Crippen molar-refractivity contribution in [2.45, 2.75) is 32.1 Å². The molecule has 0 atom stereocenters. The van der Waals surface area contributed by atoms with Gasteiger partial charge in [0.1, 0.15) is 0 Å². The van der Waals surface area contributed by atoms with Crippen LogP contribution in [0.1, 0.15) is 36.8 Å². The molecular weight excluding hydrogens is 436 g/mol. The maximum absolute atomic E-state index is 12.7. The summed E-state index contributed by atoms with van der Waals surface area (Å²) in [5, 5.41) is 4.17. The van der Waals surface area contributed by atoms with Gasteiger partial charge in [0.2, 0.25) is 15.9 Å². The van der Waals surface area contributed by atoms with E-state index in [0.29, 0.717) is 19.6 Å². The van der Waals surface area contributed by atoms with Gasteiger partial charge >= 0.3 is 0 Å². The minimum absolute atomic E-state index is 0.134. The highest BCUT2D eigenvalue weighted by atomic mass is 32.2. The van der Waals surface area contributed by atoms with Gasteiger partial charge in [0.15, 0.2) is 0 Å². The van der Waals surface area contributed by atoms with Gasteiger partial charge in [0, 0.05) is 36.7 Å². The van der Waals surface area contributed by atoms with Gasteiger partial charge in [-0.2, -0.15) is 0 Å². The Labute approximate surface area is 195 Å². The number of piperidine rings is 1. The summed E-state index contributed by atoms with van der Waals surface area (Å²) in [4.78, 5) is 15.1. The van der Waals surface area contributed by atoms with Gasteiger partial charge < -0.3 is 16.0 Å². The number of nitrogens with one attached hydrogen (secondary N) is 2. The Morgan fingerprint density at radius 2 is 1.88 bits per heavy atom. The number of hydrogen-bond acceptors (Lipinski definition) is 4. The van der Waals surface area contributed by atoms with Crippen LogP contribution in [0.3, 0.4) is 0 Å². The molecule has 7 nitrogen and oxygen atoms in total. The van der Waals surface area contributed by atoms with Crippen LogP contribution in [0.15, 0.2) is 48.7 Å². The monoisotopic (exact) mass is 468 g/mol. The summed E-state index contributed by atoms with van der Waals surface area (Å²) in [5.74, 6) is 0.0235. The standard InChI is InChI=1S/C25H32N4O3S/c1-2-27-10-13-33(31,32)29-11-8-19(9-12-29)23-17-28-25-21(16-24(26)30)14-20(15-22(23)25)18-6-4-3-5-7-18/h3-7,14-15,17,19,27-28H,2,8-13,16H2,1H3,(H2,26,30). The van der Waals surface area contributed by atoms with Crippen LogP contribution in [0.4, 0.5) is 0 Å². The molecule has 2 heterocycles. The highest BCUT2D eigenvalue weighted by molar-refractivity contribution is 7.89. The first-order valence-corrected chi connectivity index (χ1v) is 13.2. The number of aromatic nitrogens is 1. The summed E-state index contributed by atoms with van der Waals surface area (Å²) in [7, 11) is -3.24. The number of carbonyl (C=O) groups is 1. The molecule has 0 aliphatic carbocycles. The molecule has 1 aromatic heterocycles. The zero-order valence-corrected chi connectivity index (χ0v) is 19.8. The molecule has 1 aliphatic heterocycles. The van der Waals surface area contributed by atoms with Crippen LogP contribution >= 0.6 is 0 Å². The van der Waals surface area contributed by atoms with E-state index >= 15 is 0 Å². The third-order valence-corrected chi connectivity index (χ3v) is 8.32. The Kier molecular flexibility index (Phi) is 7.17. The first kappa shape index (κ1) is 23.5. The molecular formula is C25H32N4O3S. The lowest BCUT2D eigenvalue weighted by Crippen LogP contribution is -2.41. The maximum Gasteiger partial charge on any atom is 0.221 e. The smallest absolute Gasteiger partial charge is 0.221 e. The Bertz CT molecular complexity index is 1210. The van der Waals surface area contributed by atoms with E-state index in [2.05, 4.69) is 28.5 Å². The highest BCUT2D eigenvalue weighted by Gasteiger charge is 2.29. The fourth-order valence-electron chi connectivity index (χ4n) is 4.74. The number of amides is 1. The lowest BCUT2D eigenvalue weighted by molar-refractivity contribution is -0.117. The normalized spacial score (nSPS) is 15.8. The number of H-pyrrole nitrogens is 1. The fraction of sp³-hybridized carbons (Fsp3) is 0.400. The van der Waals surface area contributed by atoms with Gasteiger partial charge in [-0.3, -0.25) is 4.79 Å². The molecule has 0 radical (unpaired) electrons. The molecule has 8 heteroatoms. The number of aromatic amines is 1. The topological polar surface area (TPSA) is 108 Å². The van der Waals surface area contributed by atoms with E-state index in [0.717, 1.165) is 47.0 Å². The largest absolute Gasteiger partial charge is 0.369 e. The molecule has 0 unspecified atom stereocenters. The number of nitrogens with zero attached hydrogens (tertiary/aromatic N) is 1. The molecule has 4 rings (SSSR count). The molecule has 0 saturated carbocycles. The average molecular weight is 469 g/mol. The van der Waals surface area contributed by atoms with Crippen LogP contribution in [-0.4, -0.2) is 55.5 Å². The van der Waals surface area contributed by atoms with Crippen molar-refractivity contribution in [2.75, 3.05) is 31.9 Å². The first-order chi connectivity index (χ1) is 15.9. The van der Waals surface area contributed by atoms with E-state index in [-0.39, 0.29) is 24.0 Å². The van der Waals surface area contributed by atoms with Crippen molar-refractivity contribution in [3.8, 4) is 11.1 Å². The lowest BCUT2D eigenvalue weighted by atomic mass is 9.88. The first-order valence-electron chi connectivity index (χ1n) is 11.5. The Morgan fingerprint density at radius 1 is 1.15 bits per heavy atom. The minimum atomic E-state index is -3.24. The van der Waals surface area contributed by atoms with Crippen LogP contribution in [-0.2, 0) is 21.2 Å². The number of carbonyl (C=O) groups excluding carboxylic acids is 1. The van der Waals surface area contributed by atoms with Crippen molar-refractivity contribution < 1.29 is 13.2 Å². The van der Waals surface area contributed by atoms with Gasteiger partial charge in [0.05, 0.1) is 12.2 Å². The van der Waals surface area contributed by atoms with Gasteiger partial charge in [-0.05, 0) is 59.7 Å². The van der Waals surface area contributed by atoms with Gasteiger partial charge in [-0.1, -0.05) is 37.3 Å². The molecule has 1 amide bonds. The van der Waals surface area contributed by atoms with E-state index in [1.54, 1.807) is 4.31 Å². The van der Waals surface area contributed by atoms with E-state index in [4.69, 9.17) is 5.73 Å². The average Bonchev–Trinajstić information content (AvgIpc) is 3.24. The zero-order valence-electron chi connectivity index (χ0n) is 19.0. The SMILES string of the molecule is CCNCCS(=O)(=O)N1CCC(c2c[nH]c3c(CC(N)=O)cc(-c4ccccc4)cc23)CC1. The number of sulfonamides is 1. The van der Waals surface area contributed by atoms with Gasteiger partial charge in [-0.15, -0.1) is 0 Å². The van der Waals surface area contributed by atoms with E-state index in [1.165, 1.54) is 5.56 Å². The van der Waals surface area contributed by atoms with Crippen LogP contribution in [0.25, 0.3) is 22.0 Å². The van der Waals surface area contributed by atoms with Gasteiger partial charge in [-0.25, -0.2) is 12.7 Å². The van der Waals surface area contributed by atoms with Crippen LogP contribution in [0.5, 0.6) is 0 Å². The fourth-order valence-corrected chi connectivity index (χ4v) is 6.17. The van der Waals surface area contributed by atoms with Crippen LogP contribution in [0.2, 0.25) is 0 Å². The molecule has 176 valence electrons. The molecule has 0 bridgehead atoms. The highest BCUT2D eigenvalue weighted by Crippen LogP contribution is 2.37. The van der Waals surface area contributed by atoms with Crippen molar-refractivity contribution in [1.29, 1.82) is 0 Å². The van der Waals surface area contributed by atoms with Gasteiger partial charge in [0.25, 0.3) is 0 Å². The quantitative estimate of drug-likeness (QED) is 0.420. The molecule has 1 saturated heterocycles. The summed E-state index contributed by atoms with van der Waals surface area (Å²) in [5.41, 5.74) is 10.7. The Morgan fingerprint density at radius 3 is 2.55 bits per heavy atom. The maximum atomic E-state index is 12.7. The Balaban J connectivity index is 1.61. The van der Waals surface area contributed by atoms with Crippen molar-refractivity contribution in [3.63, 3.8) is 0 Å². The summed E-state index contributed by atoms with van der Waals surface area (Å²) < 4.78 is 26.9. The summed E-state index contributed by atoms with van der Waals surface area (Å²) in [6.45, 7) is 4.26. The minimum Gasteiger partial charge on any atom is -0.369 e. The molecule has 2 aromatic carbocycles. The second-order valence-corrected chi connectivity index (χ2v) is 10.7. The number of benzene rings is 2. The van der Waals surface area contributed by atoms with Crippen molar-refractivity contribution in [1.82, 2.24) is 14.6 Å². The molecule has 1 fully saturated rings. The number of rotatable bonds is 9. The van der Waals surface area contributed by atoms with E-state index in [1.807, 2.05) is 37.4 Å². The molecule has 4 N–H and O–H groups in total. The Hall–Kier alpha value is -2.68. The summed E-state index contributed by atoms with van der Waals surface area (Å²) in [6.07, 6.45) is 3.73. The summed E-state index contributed by atoms with van der Waals surface area (Å²) >= 11 is 0.